The molecule has 1 N–H and O–H groups in total. The third-order valence-corrected chi connectivity index (χ3v) is 6.59. The normalized spacial score (nSPS) is 20.7. The summed E-state index contributed by atoms with van der Waals surface area (Å²) in [6, 6.07) is 4.26. The van der Waals surface area contributed by atoms with Crippen molar-refractivity contribution in [2.24, 2.45) is 0 Å². The minimum absolute atomic E-state index is 0.256. The monoisotopic (exact) mass is 342 g/mol. The molecule has 0 fully saturated rings. The Morgan fingerprint density at radius 2 is 2.17 bits per heavy atom. The highest BCUT2D eigenvalue weighted by Crippen LogP contribution is 2.38. The fourth-order valence-electron chi connectivity index (χ4n) is 2.72. The summed E-state index contributed by atoms with van der Waals surface area (Å²) in [6.45, 7) is 0. The fraction of sp³-hybridized carbons (Fsp3) is 0.429. The van der Waals surface area contributed by atoms with Crippen LogP contribution in [0.4, 0.5) is 0 Å². The zero-order valence-electron chi connectivity index (χ0n) is 9.93. The Labute approximate surface area is 124 Å². The summed E-state index contributed by atoms with van der Waals surface area (Å²) < 4.78 is 1.13. The Hall–Kier alpha value is -0.160. The van der Waals surface area contributed by atoms with Crippen molar-refractivity contribution in [1.29, 1.82) is 0 Å². The average molecular weight is 343 g/mol. The van der Waals surface area contributed by atoms with Crippen molar-refractivity contribution in [3.63, 3.8) is 0 Å². The van der Waals surface area contributed by atoms with Crippen molar-refractivity contribution in [2.45, 2.75) is 37.7 Å². The summed E-state index contributed by atoms with van der Waals surface area (Å²) >= 11 is 7.11. The smallest absolute Gasteiger partial charge is 0.0657 e. The van der Waals surface area contributed by atoms with Gasteiger partial charge in [0.25, 0.3) is 0 Å². The van der Waals surface area contributed by atoms with E-state index in [1.807, 2.05) is 11.3 Å². The van der Waals surface area contributed by atoms with Crippen molar-refractivity contribution >= 4 is 38.6 Å². The molecule has 1 aliphatic rings. The van der Waals surface area contributed by atoms with Crippen molar-refractivity contribution in [3.05, 3.63) is 42.7 Å². The Morgan fingerprint density at radius 1 is 1.33 bits per heavy atom. The molecule has 0 aromatic carbocycles. The molecule has 2 atom stereocenters. The Morgan fingerprint density at radius 3 is 2.94 bits per heavy atom. The summed E-state index contributed by atoms with van der Waals surface area (Å²) in [6.07, 6.45) is 4.03. The summed E-state index contributed by atoms with van der Waals surface area (Å²) in [7, 11) is 0. The molecule has 0 aliphatic heterocycles. The summed E-state index contributed by atoms with van der Waals surface area (Å²) in [5, 5.41) is 14.8. The number of aryl methyl sites for hydroxylation is 1. The number of hydrogen-bond acceptors (Lipinski definition) is 3. The molecule has 0 saturated carbocycles. The maximum atomic E-state index is 10.5. The molecule has 3 rings (SSSR count). The lowest BCUT2D eigenvalue weighted by atomic mass is 9.82. The predicted octanol–water partition coefficient (Wildman–Crippen LogP) is 4.60. The number of hydrogen-bond donors (Lipinski definition) is 1. The van der Waals surface area contributed by atoms with Crippen LogP contribution in [-0.2, 0) is 12.8 Å². The molecule has 0 amide bonds. The van der Waals surface area contributed by atoms with Crippen LogP contribution in [0.2, 0.25) is 0 Å². The van der Waals surface area contributed by atoms with Gasteiger partial charge in [-0.1, -0.05) is 0 Å². The number of aliphatic hydroxyl groups is 1. The highest BCUT2D eigenvalue weighted by molar-refractivity contribution is 9.10. The van der Waals surface area contributed by atoms with Crippen LogP contribution in [-0.4, -0.2) is 11.2 Å². The first kappa shape index (κ1) is 12.9. The van der Waals surface area contributed by atoms with E-state index in [4.69, 9.17) is 0 Å². The number of rotatable bonds is 3. The lowest BCUT2D eigenvalue weighted by molar-refractivity contribution is 0.135. The summed E-state index contributed by atoms with van der Waals surface area (Å²) in [4.78, 5) is 2.74. The van der Waals surface area contributed by atoms with Crippen LogP contribution in [0.15, 0.2) is 27.4 Å². The van der Waals surface area contributed by atoms with Crippen LogP contribution in [0.5, 0.6) is 0 Å². The number of aliphatic hydroxyl groups excluding tert-OH is 1. The van der Waals surface area contributed by atoms with E-state index in [1.54, 1.807) is 11.3 Å². The second-order valence-electron chi connectivity index (χ2n) is 4.76. The second kappa shape index (κ2) is 5.45. The van der Waals surface area contributed by atoms with E-state index in [2.05, 4.69) is 38.8 Å². The molecule has 0 radical (unpaired) electrons. The minimum Gasteiger partial charge on any atom is -0.392 e. The van der Waals surface area contributed by atoms with Crippen molar-refractivity contribution < 1.29 is 5.11 Å². The molecular weight excluding hydrogens is 328 g/mol. The van der Waals surface area contributed by atoms with Gasteiger partial charge >= 0.3 is 0 Å². The predicted molar refractivity (Wildman–Crippen MR) is 81.7 cm³/mol. The molecule has 2 unspecified atom stereocenters. The molecule has 4 heteroatoms. The van der Waals surface area contributed by atoms with Crippen LogP contribution in [0.3, 0.4) is 0 Å². The zero-order valence-corrected chi connectivity index (χ0v) is 13.2. The van der Waals surface area contributed by atoms with Gasteiger partial charge in [0.15, 0.2) is 0 Å². The van der Waals surface area contributed by atoms with Gasteiger partial charge in [-0.3, -0.25) is 0 Å². The standard InChI is InChI=1S/C14H15BrOS2/c15-11-5-7-18-14(11)8-12(16)9-2-1-3-13-10(9)4-6-17-13/h4-7,9,12,16H,1-3,8H2. The molecule has 0 spiro atoms. The fourth-order valence-corrected chi connectivity index (χ4v) is 5.29. The Bertz CT molecular complexity index is 531. The summed E-state index contributed by atoms with van der Waals surface area (Å²) in [5.74, 6) is 0.328. The van der Waals surface area contributed by atoms with Gasteiger partial charge in [0.2, 0.25) is 0 Å². The van der Waals surface area contributed by atoms with Gasteiger partial charge in [0.1, 0.15) is 0 Å². The Balaban J connectivity index is 1.78. The van der Waals surface area contributed by atoms with Crippen molar-refractivity contribution in [1.82, 2.24) is 0 Å². The Kier molecular flexibility index (Phi) is 3.89. The van der Waals surface area contributed by atoms with Crippen LogP contribution < -0.4 is 0 Å². The van der Waals surface area contributed by atoms with E-state index in [1.165, 1.54) is 28.2 Å². The van der Waals surface area contributed by atoms with E-state index in [9.17, 15) is 5.11 Å². The second-order valence-corrected chi connectivity index (χ2v) is 7.62. The molecule has 1 nitrogen and oxygen atoms in total. The number of halogens is 1. The quantitative estimate of drug-likeness (QED) is 0.864. The largest absolute Gasteiger partial charge is 0.392 e. The number of fused-ring (bicyclic) bond motifs is 1. The van der Waals surface area contributed by atoms with E-state index < -0.39 is 0 Å². The first-order valence-electron chi connectivity index (χ1n) is 6.22. The van der Waals surface area contributed by atoms with Gasteiger partial charge in [-0.25, -0.2) is 0 Å². The van der Waals surface area contributed by atoms with Crippen LogP contribution in [0, 0.1) is 0 Å². The average Bonchev–Trinajstić information content (AvgIpc) is 2.98. The van der Waals surface area contributed by atoms with Gasteiger partial charge < -0.3 is 5.11 Å². The third-order valence-electron chi connectivity index (χ3n) is 3.65. The first-order valence-corrected chi connectivity index (χ1v) is 8.77. The maximum Gasteiger partial charge on any atom is 0.0657 e. The van der Waals surface area contributed by atoms with E-state index in [-0.39, 0.29) is 6.10 Å². The molecule has 2 aromatic rings. The molecule has 2 aromatic heterocycles. The highest BCUT2D eigenvalue weighted by atomic mass is 79.9. The van der Waals surface area contributed by atoms with Gasteiger partial charge in [0.05, 0.1) is 6.10 Å². The molecule has 18 heavy (non-hydrogen) atoms. The number of thiophene rings is 2. The van der Waals surface area contributed by atoms with Gasteiger partial charge in [-0.05, 0) is 63.6 Å². The molecular formula is C14H15BrOS2. The first-order chi connectivity index (χ1) is 8.75. The molecule has 1 aliphatic carbocycles. The lowest BCUT2D eigenvalue weighted by Gasteiger charge is -2.27. The van der Waals surface area contributed by atoms with Crippen LogP contribution in [0.1, 0.15) is 34.1 Å². The van der Waals surface area contributed by atoms with Gasteiger partial charge in [-0.2, -0.15) is 0 Å². The topological polar surface area (TPSA) is 20.2 Å². The molecule has 0 saturated heterocycles. The lowest BCUT2D eigenvalue weighted by Crippen LogP contribution is -2.23. The van der Waals surface area contributed by atoms with Crippen LogP contribution >= 0.6 is 38.6 Å². The third kappa shape index (κ3) is 2.44. The van der Waals surface area contributed by atoms with Gasteiger partial charge in [0, 0.05) is 26.6 Å². The molecule has 0 bridgehead atoms. The summed E-state index contributed by atoms with van der Waals surface area (Å²) in [5.41, 5.74) is 1.39. The van der Waals surface area contributed by atoms with E-state index in [0.29, 0.717) is 5.92 Å². The minimum atomic E-state index is -0.256. The van der Waals surface area contributed by atoms with Gasteiger partial charge in [-0.15, -0.1) is 22.7 Å². The molecule has 2 heterocycles. The molecule has 96 valence electrons. The highest BCUT2D eigenvalue weighted by Gasteiger charge is 2.28. The van der Waals surface area contributed by atoms with Crippen molar-refractivity contribution in [3.8, 4) is 0 Å². The van der Waals surface area contributed by atoms with E-state index >= 15 is 0 Å². The van der Waals surface area contributed by atoms with Crippen molar-refractivity contribution in [2.75, 3.05) is 0 Å². The maximum absolute atomic E-state index is 10.5. The van der Waals surface area contributed by atoms with Crippen LogP contribution in [0.25, 0.3) is 0 Å². The SMILES string of the molecule is OC(Cc1sccc1Br)C1CCCc2sccc21. The van der Waals surface area contributed by atoms with E-state index in [0.717, 1.165) is 17.3 Å². The zero-order chi connectivity index (χ0) is 12.5.